The van der Waals surface area contributed by atoms with E-state index in [-0.39, 0.29) is 11.9 Å². The lowest BCUT2D eigenvalue weighted by molar-refractivity contribution is 0.0933. The highest BCUT2D eigenvalue weighted by Gasteiger charge is 2.26. The van der Waals surface area contributed by atoms with Crippen molar-refractivity contribution in [3.63, 3.8) is 0 Å². The predicted octanol–water partition coefficient (Wildman–Crippen LogP) is 4.16. The standard InChI is InChI=1S/C18H20F2N2O2S/c19-18(20)25-14-7-5-13(6-8-14)17(23)21-12-15(16-4-3-11-24-16)22-9-1-2-10-22/h3-8,11,15,18H,1-2,9-10,12H2,(H,21,23). The van der Waals surface area contributed by atoms with Crippen LogP contribution in [0.1, 0.15) is 35.0 Å². The van der Waals surface area contributed by atoms with Crippen molar-refractivity contribution in [3.8, 4) is 0 Å². The summed E-state index contributed by atoms with van der Waals surface area (Å²) in [7, 11) is 0. The van der Waals surface area contributed by atoms with Crippen molar-refractivity contribution in [3.05, 3.63) is 54.0 Å². The van der Waals surface area contributed by atoms with Crippen LogP contribution >= 0.6 is 11.8 Å². The number of rotatable bonds is 7. The smallest absolute Gasteiger partial charge is 0.288 e. The number of halogens is 2. The van der Waals surface area contributed by atoms with E-state index < -0.39 is 5.76 Å². The van der Waals surface area contributed by atoms with Crippen LogP contribution in [0.3, 0.4) is 0 Å². The number of nitrogens with zero attached hydrogens (tertiary/aromatic N) is 1. The average molecular weight is 366 g/mol. The Kier molecular flexibility index (Phi) is 6.09. The molecule has 1 fully saturated rings. The van der Waals surface area contributed by atoms with E-state index in [1.165, 1.54) is 12.1 Å². The summed E-state index contributed by atoms with van der Waals surface area (Å²) in [6.45, 7) is 2.42. The lowest BCUT2D eigenvalue weighted by Gasteiger charge is -2.26. The van der Waals surface area contributed by atoms with Gasteiger partial charge in [0.05, 0.1) is 12.3 Å². The number of benzene rings is 1. The van der Waals surface area contributed by atoms with Crippen LogP contribution in [0.25, 0.3) is 0 Å². The zero-order chi connectivity index (χ0) is 17.6. The number of alkyl halides is 2. The molecule has 1 atom stereocenters. The van der Waals surface area contributed by atoms with Crippen molar-refractivity contribution in [1.82, 2.24) is 10.2 Å². The molecule has 0 bridgehead atoms. The molecule has 0 saturated carbocycles. The van der Waals surface area contributed by atoms with Gasteiger partial charge in [0.15, 0.2) is 0 Å². The van der Waals surface area contributed by atoms with E-state index in [0.717, 1.165) is 31.7 Å². The largest absolute Gasteiger partial charge is 0.468 e. The van der Waals surface area contributed by atoms with E-state index in [2.05, 4.69) is 10.2 Å². The number of carbonyl (C=O) groups excluding carboxylic acids is 1. The number of nitrogens with one attached hydrogen (secondary N) is 1. The van der Waals surface area contributed by atoms with Crippen LogP contribution in [-0.2, 0) is 0 Å². The molecule has 3 rings (SSSR count). The summed E-state index contributed by atoms with van der Waals surface area (Å²) in [4.78, 5) is 15.1. The van der Waals surface area contributed by atoms with Gasteiger partial charge in [-0.3, -0.25) is 9.69 Å². The number of thioether (sulfide) groups is 1. The Morgan fingerprint density at radius 2 is 1.92 bits per heavy atom. The van der Waals surface area contributed by atoms with Crippen LogP contribution in [0.5, 0.6) is 0 Å². The van der Waals surface area contributed by atoms with Crippen molar-refractivity contribution in [2.45, 2.75) is 29.5 Å². The Labute approximate surface area is 149 Å². The Balaban J connectivity index is 1.61. The lowest BCUT2D eigenvalue weighted by atomic mass is 10.1. The molecule has 1 aromatic carbocycles. The van der Waals surface area contributed by atoms with Gasteiger partial charge in [-0.05, 0) is 62.3 Å². The van der Waals surface area contributed by atoms with Crippen molar-refractivity contribution in [2.75, 3.05) is 19.6 Å². The predicted molar refractivity (Wildman–Crippen MR) is 92.9 cm³/mol. The molecule has 1 saturated heterocycles. The molecule has 2 aromatic rings. The van der Waals surface area contributed by atoms with Gasteiger partial charge in [0.1, 0.15) is 5.76 Å². The summed E-state index contributed by atoms with van der Waals surface area (Å²) >= 11 is 0.468. The van der Waals surface area contributed by atoms with E-state index in [9.17, 15) is 13.6 Å². The van der Waals surface area contributed by atoms with Gasteiger partial charge in [0.25, 0.3) is 11.7 Å². The molecule has 2 heterocycles. The minimum absolute atomic E-state index is 0.00936. The number of carbonyl (C=O) groups is 1. The van der Waals surface area contributed by atoms with Gasteiger partial charge >= 0.3 is 0 Å². The Morgan fingerprint density at radius 1 is 1.20 bits per heavy atom. The van der Waals surface area contributed by atoms with Crippen molar-refractivity contribution >= 4 is 17.7 Å². The summed E-state index contributed by atoms with van der Waals surface area (Å²) < 4.78 is 30.2. The molecule has 25 heavy (non-hydrogen) atoms. The topological polar surface area (TPSA) is 45.5 Å². The maximum absolute atomic E-state index is 12.4. The fourth-order valence-corrected chi connectivity index (χ4v) is 3.52. The second-order valence-electron chi connectivity index (χ2n) is 5.89. The Morgan fingerprint density at radius 3 is 2.52 bits per heavy atom. The van der Waals surface area contributed by atoms with Crippen molar-refractivity contribution in [1.29, 1.82) is 0 Å². The van der Waals surface area contributed by atoms with Crippen LogP contribution in [0.15, 0.2) is 52.0 Å². The Bertz CT molecular complexity index is 671. The van der Waals surface area contributed by atoms with Crippen LogP contribution in [-0.4, -0.2) is 36.2 Å². The minimum Gasteiger partial charge on any atom is -0.468 e. The average Bonchev–Trinajstić information content (AvgIpc) is 3.29. The molecule has 0 aliphatic carbocycles. The highest BCUT2D eigenvalue weighted by molar-refractivity contribution is 7.99. The van der Waals surface area contributed by atoms with Gasteiger partial charge in [-0.1, -0.05) is 11.8 Å². The number of hydrogen-bond donors (Lipinski definition) is 1. The first kappa shape index (κ1) is 17.9. The van der Waals surface area contributed by atoms with E-state index >= 15 is 0 Å². The van der Waals surface area contributed by atoms with Gasteiger partial charge in [0, 0.05) is 17.0 Å². The molecule has 4 nitrogen and oxygen atoms in total. The first-order valence-corrected chi connectivity index (χ1v) is 9.12. The molecule has 1 unspecified atom stereocenters. The third-order valence-corrected chi connectivity index (χ3v) is 4.97. The third-order valence-electron chi connectivity index (χ3n) is 4.25. The number of furan rings is 1. The molecule has 1 aliphatic heterocycles. The van der Waals surface area contributed by atoms with Gasteiger partial charge in [-0.25, -0.2) is 0 Å². The molecule has 1 aliphatic rings. The van der Waals surface area contributed by atoms with E-state index in [1.807, 2.05) is 12.1 Å². The molecular formula is C18H20F2N2O2S. The third kappa shape index (κ3) is 4.83. The maximum Gasteiger partial charge on any atom is 0.288 e. The van der Waals surface area contributed by atoms with Gasteiger partial charge in [-0.2, -0.15) is 8.78 Å². The zero-order valence-electron chi connectivity index (χ0n) is 13.7. The van der Waals surface area contributed by atoms with Crippen LogP contribution < -0.4 is 5.32 Å². The second kappa shape index (κ2) is 8.49. The van der Waals surface area contributed by atoms with Crippen molar-refractivity contribution in [2.24, 2.45) is 0 Å². The van der Waals surface area contributed by atoms with Crippen LogP contribution in [0, 0.1) is 0 Å². The van der Waals surface area contributed by atoms with E-state index in [4.69, 9.17) is 4.42 Å². The fourth-order valence-electron chi connectivity index (χ4n) is 3.02. The number of likely N-dealkylation sites (tertiary alicyclic amines) is 1. The van der Waals surface area contributed by atoms with Gasteiger partial charge in [0.2, 0.25) is 0 Å². The number of hydrogen-bond acceptors (Lipinski definition) is 4. The zero-order valence-corrected chi connectivity index (χ0v) is 14.5. The summed E-state index contributed by atoms with van der Waals surface area (Å²) in [5.41, 5.74) is 0.457. The summed E-state index contributed by atoms with van der Waals surface area (Å²) in [6, 6.07) is 9.99. The molecule has 1 N–H and O–H groups in total. The van der Waals surface area contributed by atoms with Gasteiger partial charge in [-0.15, -0.1) is 0 Å². The summed E-state index contributed by atoms with van der Waals surface area (Å²) in [5.74, 6) is -1.84. The van der Waals surface area contributed by atoms with Gasteiger partial charge < -0.3 is 9.73 Å². The molecular weight excluding hydrogens is 346 g/mol. The van der Waals surface area contributed by atoms with Crippen molar-refractivity contribution < 1.29 is 18.0 Å². The SMILES string of the molecule is O=C(NCC(c1ccco1)N1CCCC1)c1ccc(SC(F)F)cc1. The molecule has 0 radical (unpaired) electrons. The number of amides is 1. The van der Waals surface area contributed by atoms with Crippen LogP contribution in [0.4, 0.5) is 8.78 Å². The summed E-state index contributed by atoms with van der Waals surface area (Å²) in [5, 5.41) is 2.93. The molecule has 134 valence electrons. The first-order valence-electron chi connectivity index (χ1n) is 8.24. The maximum atomic E-state index is 12.4. The quantitative estimate of drug-likeness (QED) is 0.748. The van der Waals surface area contributed by atoms with E-state index in [0.29, 0.717) is 28.8 Å². The monoisotopic (exact) mass is 366 g/mol. The molecule has 0 spiro atoms. The lowest BCUT2D eigenvalue weighted by Crippen LogP contribution is -2.36. The highest BCUT2D eigenvalue weighted by Crippen LogP contribution is 2.26. The second-order valence-corrected chi connectivity index (χ2v) is 6.95. The first-order chi connectivity index (χ1) is 12.1. The normalized spacial score (nSPS) is 16.3. The molecule has 7 heteroatoms. The fraction of sp³-hybridized carbons (Fsp3) is 0.389. The van der Waals surface area contributed by atoms with Crippen LogP contribution in [0.2, 0.25) is 0 Å². The molecule has 1 aromatic heterocycles. The Hall–Kier alpha value is -1.86. The minimum atomic E-state index is -2.46. The summed E-state index contributed by atoms with van der Waals surface area (Å²) in [6.07, 6.45) is 3.93. The molecule has 1 amide bonds. The highest BCUT2D eigenvalue weighted by atomic mass is 32.2. The van der Waals surface area contributed by atoms with E-state index in [1.54, 1.807) is 18.4 Å².